The zero-order chi connectivity index (χ0) is 19.5. The van der Waals surface area contributed by atoms with Gasteiger partial charge in [0, 0.05) is 44.8 Å². The van der Waals surface area contributed by atoms with Crippen molar-refractivity contribution < 1.29 is 0 Å². The van der Waals surface area contributed by atoms with Gasteiger partial charge in [0.1, 0.15) is 0 Å². The van der Waals surface area contributed by atoms with Crippen LogP contribution in [0, 0.1) is 0 Å². The molecule has 0 aliphatic carbocycles. The summed E-state index contributed by atoms with van der Waals surface area (Å²) in [5, 5.41) is 6.94. The van der Waals surface area contributed by atoms with Crippen molar-refractivity contribution in [2.45, 2.75) is 58.4 Å². The fourth-order valence-electron chi connectivity index (χ4n) is 3.95. The number of hydrogen-bond donors (Lipinski definition) is 2. The second-order valence-corrected chi connectivity index (χ2v) is 8.83. The van der Waals surface area contributed by atoms with Crippen LogP contribution in [0.25, 0.3) is 0 Å². The van der Waals surface area contributed by atoms with Crippen LogP contribution in [0.15, 0.2) is 4.99 Å². The highest BCUT2D eigenvalue weighted by atomic mass is 15.2. The molecule has 2 heterocycles. The minimum Gasteiger partial charge on any atom is -0.357 e. The Hall–Kier alpha value is -0.850. The number of rotatable bonds is 9. The standard InChI is InChI=1S/C21H44N6/c1-5-22-20(24-19-21(2,3)27-13-8-6-9-14-27)23-11-7-10-12-26-17-15-25(4)16-18-26/h5-19H2,1-4H3,(H2,22,23,24). The van der Waals surface area contributed by atoms with E-state index in [9.17, 15) is 0 Å². The Labute approximate surface area is 167 Å². The van der Waals surface area contributed by atoms with E-state index >= 15 is 0 Å². The molecule has 2 rings (SSSR count). The average Bonchev–Trinajstić information content (AvgIpc) is 2.68. The van der Waals surface area contributed by atoms with E-state index in [1.165, 1.54) is 77.9 Å². The Kier molecular flexibility index (Phi) is 9.87. The molecule has 0 amide bonds. The van der Waals surface area contributed by atoms with Crippen molar-refractivity contribution in [1.82, 2.24) is 25.3 Å². The summed E-state index contributed by atoms with van der Waals surface area (Å²) in [6.45, 7) is 18.1. The van der Waals surface area contributed by atoms with Gasteiger partial charge in [-0.25, -0.2) is 0 Å². The van der Waals surface area contributed by atoms with Crippen molar-refractivity contribution in [1.29, 1.82) is 0 Å². The van der Waals surface area contributed by atoms with Crippen molar-refractivity contribution in [3.63, 3.8) is 0 Å². The van der Waals surface area contributed by atoms with Gasteiger partial charge in [0.25, 0.3) is 0 Å². The first-order valence-corrected chi connectivity index (χ1v) is 11.2. The quantitative estimate of drug-likeness (QED) is 0.363. The Bertz CT molecular complexity index is 422. The van der Waals surface area contributed by atoms with Crippen LogP contribution >= 0.6 is 0 Å². The molecule has 0 saturated carbocycles. The topological polar surface area (TPSA) is 46.1 Å². The Morgan fingerprint density at radius 2 is 1.63 bits per heavy atom. The molecule has 0 radical (unpaired) electrons. The van der Waals surface area contributed by atoms with Gasteiger partial charge in [-0.2, -0.15) is 0 Å². The molecular weight excluding hydrogens is 336 g/mol. The summed E-state index contributed by atoms with van der Waals surface area (Å²) < 4.78 is 0. The number of nitrogens with zero attached hydrogens (tertiary/aromatic N) is 4. The molecule has 0 bridgehead atoms. The molecular formula is C21H44N6. The molecule has 2 N–H and O–H groups in total. The summed E-state index contributed by atoms with van der Waals surface area (Å²) >= 11 is 0. The van der Waals surface area contributed by atoms with Gasteiger partial charge in [-0.1, -0.05) is 6.42 Å². The van der Waals surface area contributed by atoms with Crippen molar-refractivity contribution in [3.05, 3.63) is 0 Å². The van der Waals surface area contributed by atoms with Crippen molar-refractivity contribution in [2.75, 3.05) is 72.5 Å². The molecule has 0 aromatic rings. The van der Waals surface area contributed by atoms with E-state index in [-0.39, 0.29) is 5.54 Å². The van der Waals surface area contributed by atoms with E-state index in [2.05, 4.69) is 53.2 Å². The van der Waals surface area contributed by atoms with E-state index < -0.39 is 0 Å². The Morgan fingerprint density at radius 3 is 2.30 bits per heavy atom. The van der Waals surface area contributed by atoms with Crippen LogP contribution in [-0.2, 0) is 0 Å². The maximum absolute atomic E-state index is 4.89. The van der Waals surface area contributed by atoms with Crippen LogP contribution in [0.4, 0.5) is 0 Å². The molecule has 0 aromatic carbocycles. The molecule has 2 saturated heterocycles. The van der Waals surface area contributed by atoms with E-state index in [1.54, 1.807) is 0 Å². The lowest BCUT2D eigenvalue weighted by Gasteiger charge is -2.40. The lowest BCUT2D eigenvalue weighted by Crippen LogP contribution is -2.49. The van der Waals surface area contributed by atoms with Crippen LogP contribution in [-0.4, -0.2) is 98.7 Å². The first-order chi connectivity index (χ1) is 13.0. The van der Waals surface area contributed by atoms with Crippen molar-refractivity contribution in [2.24, 2.45) is 4.99 Å². The molecule has 0 unspecified atom stereocenters. The second kappa shape index (κ2) is 11.9. The molecule has 6 heteroatoms. The number of guanidine groups is 1. The van der Waals surface area contributed by atoms with Gasteiger partial charge in [0.15, 0.2) is 5.96 Å². The predicted octanol–water partition coefficient (Wildman–Crippen LogP) is 1.83. The fourth-order valence-corrected chi connectivity index (χ4v) is 3.95. The molecule has 158 valence electrons. The summed E-state index contributed by atoms with van der Waals surface area (Å²) in [7, 11) is 2.22. The number of unbranched alkanes of at least 4 members (excludes halogenated alkanes) is 1. The third kappa shape index (κ3) is 8.36. The zero-order valence-corrected chi connectivity index (χ0v) is 18.4. The first-order valence-electron chi connectivity index (χ1n) is 11.2. The molecule has 2 aliphatic heterocycles. The van der Waals surface area contributed by atoms with E-state index in [0.717, 1.165) is 25.6 Å². The number of aliphatic imine (C=N–C) groups is 1. The summed E-state index contributed by atoms with van der Waals surface area (Å²) in [5.74, 6) is 0.974. The first kappa shape index (κ1) is 22.4. The van der Waals surface area contributed by atoms with E-state index in [0.29, 0.717) is 0 Å². The molecule has 0 atom stereocenters. The third-order valence-corrected chi connectivity index (χ3v) is 5.97. The van der Waals surface area contributed by atoms with Crippen LogP contribution in [0.2, 0.25) is 0 Å². The summed E-state index contributed by atoms with van der Waals surface area (Å²) in [6.07, 6.45) is 6.51. The van der Waals surface area contributed by atoms with Crippen LogP contribution in [0.5, 0.6) is 0 Å². The van der Waals surface area contributed by atoms with Crippen LogP contribution in [0.1, 0.15) is 52.9 Å². The Morgan fingerprint density at radius 1 is 0.926 bits per heavy atom. The third-order valence-electron chi connectivity index (χ3n) is 5.97. The monoisotopic (exact) mass is 380 g/mol. The molecule has 0 aromatic heterocycles. The lowest BCUT2D eigenvalue weighted by molar-refractivity contribution is 0.102. The lowest BCUT2D eigenvalue weighted by atomic mass is 9.99. The van der Waals surface area contributed by atoms with Gasteiger partial charge in [-0.3, -0.25) is 9.89 Å². The van der Waals surface area contributed by atoms with Gasteiger partial charge in [0.2, 0.25) is 0 Å². The summed E-state index contributed by atoms with van der Waals surface area (Å²) in [4.78, 5) is 12.5. The maximum Gasteiger partial charge on any atom is 0.191 e. The van der Waals surface area contributed by atoms with E-state index in [4.69, 9.17) is 4.99 Å². The van der Waals surface area contributed by atoms with Crippen molar-refractivity contribution >= 4 is 5.96 Å². The number of likely N-dealkylation sites (tertiary alicyclic amines) is 1. The summed E-state index contributed by atoms with van der Waals surface area (Å²) in [5.41, 5.74) is 0.143. The zero-order valence-electron chi connectivity index (χ0n) is 18.4. The molecule has 27 heavy (non-hydrogen) atoms. The highest BCUT2D eigenvalue weighted by molar-refractivity contribution is 5.79. The highest BCUT2D eigenvalue weighted by Gasteiger charge is 2.27. The summed E-state index contributed by atoms with van der Waals surface area (Å²) in [6, 6.07) is 0. The van der Waals surface area contributed by atoms with Crippen molar-refractivity contribution in [3.8, 4) is 0 Å². The number of hydrogen-bond acceptors (Lipinski definition) is 4. The maximum atomic E-state index is 4.89. The second-order valence-electron chi connectivity index (χ2n) is 8.83. The number of nitrogens with one attached hydrogen (secondary N) is 2. The number of piperidine rings is 1. The smallest absolute Gasteiger partial charge is 0.191 e. The predicted molar refractivity (Wildman–Crippen MR) is 117 cm³/mol. The number of piperazine rings is 1. The minimum atomic E-state index is 0.143. The number of likely N-dealkylation sites (N-methyl/N-ethyl adjacent to an activating group) is 1. The molecule has 2 aliphatic rings. The van der Waals surface area contributed by atoms with Gasteiger partial charge in [-0.05, 0) is 73.1 Å². The van der Waals surface area contributed by atoms with Gasteiger partial charge >= 0.3 is 0 Å². The van der Waals surface area contributed by atoms with E-state index in [1.807, 2.05) is 0 Å². The van der Waals surface area contributed by atoms with Gasteiger partial charge < -0.3 is 20.4 Å². The molecule has 6 nitrogen and oxygen atoms in total. The average molecular weight is 381 g/mol. The largest absolute Gasteiger partial charge is 0.357 e. The van der Waals surface area contributed by atoms with Crippen LogP contribution in [0.3, 0.4) is 0 Å². The SMILES string of the molecule is CCNC(=NCC(C)(C)N1CCCCC1)NCCCCN1CCN(C)CC1. The van der Waals surface area contributed by atoms with Crippen LogP contribution < -0.4 is 10.6 Å². The highest BCUT2D eigenvalue weighted by Crippen LogP contribution is 2.20. The normalized spacial score (nSPS) is 21.4. The minimum absolute atomic E-state index is 0.143. The molecule has 0 spiro atoms. The van der Waals surface area contributed by atoms with Gasteiger partial charge in [-0.15, -0.1) is 0 Å². The van der Waals surface area contributed by atoms with Gasteiger partial charge in [0.05, 0.1) is 6.54 Å². The molecule has 2 fully saturated rings. The Balaban J connectivity index is 1.66. The fraction of sp³-hybridized carbons (Fsp3) is 0.952.